The average Bonchev–Trinajstić information content (AvgIpc) is 3.10. The third-order valence-corrected chi connectivity index (χ3v) is 4.58. The molecule has 0 saturated heterocycles. The fourth-order valence-corrected chi connectivity index (χ4v) is 3.58. The maximum Gasteiger partial charge on any atom is 0.256 e. The van der Waals surface area contributed by atoms with Gasteiger partial charge in [-0.25, -0.2) is 4.98 Å². The number of nitrogens with one attached hydrogen (secondary N) is 1. The topological polar surface area (TPSA) is 54.9 Å². The Morgan fingerprint density at radius 1 is 1.21 bits per heavy atom. The van der Waals surface area contributed by atoms with Crippen molar-refractivity contribution in [3.05, 3.63) is 39.8 Å². The minimum absolute atomic E-state index is 0.0655. The molecule has 3 aromatic rings. The predicted octanol–water partition coefficient (Wildman–Crippen LogP) is 3.25. The molecule has 0 aliphatic carbocycles. The molecule has 92 valence electrons. The van der Waals surface area contributed by atoms with E-state index < -0.39 is 0 Å². The Kier molecular flexibility index (Phi) is 2.27. The number of aromatic nitrogens is 2. The summed E-state index contributed by atoms with van der Waals surface area (Å²) in [5.74, 6) is -0.0655. The summed E-state index contributed by atoms with van der Waals surface area (Å²) in [6.07, 6.45) is 3.65. The van der Waals surface area contributed by atoms with Gasteiger partial charge in [-0.05, 0) is 18.2 Å². The van der Waals surface area contributed by atoms with Gasteiger partial charge in [0.15, 0.2) is 0 Å². The normalized spacial score (nSPS) is 16.0. The van der Waals surface area contributed by atoms with Crippen LogP contribution in [-0.4, -0.2) is 15.9 Å². The molecule has 1 aromatic carbocycles. The summed E-state index contributed by atoms with van der Waals surface area (Å²) in [7, 11) is 0. The van der Waals surface area contributed by atoms with E-state index in [1.807, 2.05) is 18.2 Å². The van der Waals surface area contributed by atoms with Crippen molar-refractivity contribution in [2.24, 2.45) is 0 Å². The van der Waals surface area contributed by atoms with Crippen molar-refractivity contribution in [2.75, 3.05) is 5.32 Å². The second-order valence-corrected chi connectivity index (χ2v) is 5.88. The van der Waals surface area contributed by atoms with Crippen LogP contribution in [0.2, 0.25) is 0 Å². The number of carbonyl (C=O) groups is 1. The summed E-state index contributed by atoms with van der Waals surface area (Å²) in [5.41, 5.74) is 6.99. The molecule has 0 bridgehead atoms. The lowest BCUT2D eigenvalue weighted by molar-refractivity contribution is -0.110. The quantitative estimate of drug-likeness (QED) is 0.698. The Morgan fingerprint density at radius 3 is 3.00 bits per heavy atom. The second kappa shape index (κ2) is 3.97. The number of hydrogen-bond donors (Lipinski definition) is 1. The molecule has 6 heteroatoms. The van der Waals surface area contributed by atoms with E-state index in [0.29, 0.717) is 5.57 Å². The molecule has 1 aliphatic heterocycles. The molecule has 2 aromatic heterocycles. The first kappa shape index (κ1) is 10.8. The van der Waals surface area contributed by atoms with E-state index in [4.69, 9.17) is 0 Å². The van der Waals surface area contributed by atoms with Gasteiger partial charge in [-0.3, -0.25) is 9.78 Å². The van der Waals surface area contributed by atoms with Gasteiger partial charge in [-0.15, -0.1) is 22.7 Å². The van der Waals surface area contributed by atoms with E-state index in [1.54, 1.807) is 28.6 Å². The summed E-state index contributed by atoms with van der Waals surface area (Å²) < 4.78 is 1.05. The predicted molar refractivity (Wildman–Crippen MR) is 78.2 cm³/mol. The average molecular weight is 285 g/mol. The molecular formula is C13H7N3OS2. The third-order valence-electron chi connectivity index (χ3n) is 3.00. The lowest BCUT2D eigenvalue weighted by Gasteiger charge is -1.99. The van der Waals surface area contributed by atoms with Crippen LogP contribution in [0.1, 0.15) is 10.4 Å². The standard InChI is InChI=1S/C13H7N3OS2/c17-13-8(3-7-4-14-5-18-7)11-9(16-13)1-2-10-12(11)19-6-15-10/h1-6H,(H,16,17)/b8-3-. The number of anilines is 1. The molecule has 0 unspecified atom stereocenters. The SMILES string of the molecule is O=C1Nc2ccc3ncsc3c2/C1=C/c1cncs1. The molecule has 1 aliphatic rings. The van der Waals surface area contributed by atoms with Crippen LogP contribution in [0.25, 0.3) is 21.9 Å². The van der Waals surface area contributed by atoms with Crippen LogP contribution in [0.4, 0.5) is 5.69 Å². The Hall–Kier alpha value is -2.05. The first-order valence-corrected chi connectivity index (χ1v) is 7.37. The number of fused-ring (bicyclic) bond motifs is 3. The summed E-state index contributed by atoms with van der Waals surface area (Å²) in [5, 5.41) is 2.90. The number of nitrogens with zero attached hydrogens (tertiary/aromatic N) is 2. The molecular weight excluding hydrogens is 278 g/mol. The molecule has 3 heterocycles. The fourth-order valence-electron chi connectivity index (χ4n) is 2.18. The molecule has 0 saturated carbocycles. The van der Waals surface area contributed by atoms with E-state index in [9.17, 15) is 4.79 Å². The van der Waals surface area contributed by atoms with Gasteiger partial charge in [0, 0.05) is 16.6 Å². The van der Waals surface area contributed by atoms with E-state index in [-0.39, 0.29) is 5.91 Å². The van der Waals surface area contributed by atoms with Gasteiger partial charge < -0.3 is 5.32 Å². The number of rotatable bonds is 1. The third kappa shape index (κ3) is 1.61. The molecule has 0 spiro atoms. The Balaban J connectivity index is 2.00. The van der Waals surface area contributed by atoms with Gasteiger partial charge in [-0.2, -0.15) is 0 Å². The minimum Gasteiger partial charge on any atom is -0.321 e. The zero-order valence-electron chi connectivity index (χ0n) is 9.58. The van der Waals surface area contributed by atoms with Gasteiger partial charge in [0.2, 0.25) is 0 Å². The van der Waals surface area contributed by atoms with Gasteiger partial charge in [-0.1, -0.05) is 0 Å². The van der Waals surface area contributed by atoms with Crippen molar-refractivity contribution in [3.63, 3.8) is 0 Å². The Bertz CT molecular complexity index is 818. The largest absolute Gasteiger partial charge is 0.321 e. The number of carbonyl (C=O) groups excluding carboxylic acids is 1. The van der Waals surface area contributed by atoms with Gasteiger partial charge in [0.1, 0.15) is 0 Å². The van der Waals surface area contributed by atoms with Crippen LogP contribution in [0.3, 0.4) is 0 Å². The number of hydrogen-bond acceptors (Lipinski definition) is 5. The van der Waals surface area contributed by atoms with Gasteiger partial charge >= 0.3 is 0 Å². The number of thiazole rings is 2. The van der Waals surface area contributed by atoms with Crippen LogP contribution in [0.5, 0.6) is 0 Å². The fraction of sp³-hybridized carbons (Fsp3) is 0. The summed E-state index contributed by atoms with van der Waals surface area (Å²) >= 11 is 3.07. The Labute approximate surface area is 116 Å². The lowest BCUT2D eigenvalue weighted by atomic mass is 10.1. The first-order chi connectivity index (χ1) is 9.33. The summed E-state index contributed by atoms with van der Waals surface area (Å²) in [6.45, 7) is 0. The van der Waals surface area contributed by atoms with Crippen molar-refractivity contribution >= 4 is 56.1 Å². The smallest absolute Gasteiger partial charge is 0.256 e. The zero-order chi connectivity index (χ0) is 12.8. The molecule has 19 heavy (non-hydrogen) atoms. The zero-order valence-corrected chi connectivity index (χ0v) is 11.2. The van der Waals surface area contributed by atoms with E-state index >= 15 is 0 Å². The van der Waals surface area contributed by atoms with Crippen molar-refractivity contribution in [1.82, 2.24) is 9.97 Å². The molecule has 0 radical (unpaired) electrons. The molecule has 4 rings (SSSR count). The van der Waals surface area contributed by atoms with Crippen LogP contribution in [0.15, 0.2) is 29.4 Å². The van der Waals surface area contributed by atoms with Crippen molar-refractivity contribution in [3.8, 4) is 0 Å². The van der Waals surface area contributed by atoms with Gasteiger partial charge in [0.05, 0.1) is 32.5 Å². The van der Waals surface area contributed by atoms with Gasteiger partial charge in [0.25, 0.3) is 5.91 Å². The molecule has 4 nitrogen and oxygen atoms in total. The molecule has 1 N–H and O–H groups in total. The highest BCUT2D eigenvalue weighted by molar-refractivity contribution is 7.17. The monoisotopic (exact) mass is 285 g/mol. The minimum atomic E-state index is -0.0655. The van der Waals surface area contributed by atoms with Crippen molar-refractivity contribution in [2.45, 2.75) is 0 Å². The van der Waals surface area contributed by atoms with Crippen LogP contribution < -0.4 is 5.32 Å². The van der Waals surface area contributed by atoms with Crippen LogP contribution >= 0.6 is 22.7 Å². The highest BCUT2D eigenvalue weighted by Gasteiger charge is 2.27. The molecule has 0 fully saturated rings. The second-order valence-electron chi connectivity index (χ2n) is 4.10. The van der Waals surface area contributed by atoms with Crippen LogP contribution in [-0.2, 0) is 4.79 Å². The first-order valence-electron chi connectivity index (χ1n) is 5.61. The lowest BCUT2D eigenvalue weighted by Crippen LogP contribution is -2.03. The molecule has 1 amide bonds. The Morgan fingerprint density at radius 2 is 2.16 bits per heavy atom. The van der Waals surface area contributed by atoms with Crippen LogP contribution in [0, 0.1) is 0 Å². The maximum absolute atomic E-state index is 12.1. The van der Waals surface area contributed by atoms with E-state index in [2.05, 4.69) is 15.3 Å². The summed E-state index contributed by atoms with van der Waals surface area (Å²) in [6, 6.07) is 3.84. The van der Waals surface area contributed by atoms with Crippen molar-refractivity contribution < 1.29 is 4.79 Å². The maximum atomic E-state index is 12.1. The van der Waals surface area contributed by atoms with E-state index in [1.165, 1.54) is 11.3 Å². The molecule has 0 atom stereocenters. The van der Waals surface area contributed by atoms with Crippen molar-refractivity contribution in [1.29, 1.82) is 0 Å². The summed E-state index contributed by atoms with van der Waals surface area (Å²) in [4.78, 5) is 21.4. The highest BCUT2D eigenvalue weighted by atomic mass is 32.1. The number of benzene rings is 1. The highest BCUT2D eigenvalue weighted by Crippen LogP contribution is 2.40. The number of amides is 1. The van der Waals surface area contributed by atoms with E-state index in [0.717, 1.165) is 26.3 Å².